The van der Waals surface area contributed by atoms with Crippen LogP contribution in [0.1, 0.15) is 11.1 Å². The summed E-state index contributed by atoms with van der Waals surface area (Å²) in [4.78, 5) is 10.1. The van der Waals surface area contributed by atoms with Crippen molar-refractivity contribution in [3.05, 3.63) is 62.7 Å². The molecular formula is C14H9ClF3NO2. The zero-order chi connectivity index (χ0) is 15.8. The van der Waals surface area contributed by atoms with Crippen molar-refractivity contribution in [2.75, 3.05) is 0 Å². The fraction of sp³-hybridized carbons (Fsp3) is 0.143. The van der Waals surface area contributed by atoms with Crippen molar-refractivity contribution < 1.29 is 18.1 Å². The Labute approximate surface area is 123 Å². The van der Waals surface area contributed by atoms with Crippen LogP contribution in [-0.4, -0.2) is 4.92 Å². The first-order valence-electron chi connectivity index (χ1n) is 5.82. The number of rotatable bonds is 2. The van der Waals surface area contributed by atoms with Gasteiger partial charge in [-0.15, -0.1) is 0 Å². The number of hydrogen-bond acceptors (Lipinski definition) is 2. The molecule has 0 N–H and O–H groups in total. The summed E-state index contributed by atoms with van der Waals surface area (Å²) in [6, 6.07) is 8.08. The molecule has 0 atom stereocenters. The van der Waals surface area contributed by atoms with Crippen LogP contribution >= 0.6 is 11.6 Å². The van der Waals surface area contributed by atoms with Gasteiger partial charge in [-0.05, 0) is 36.2 Å². The summed E-state index contributed by atoms with van der Waals surface area (Å²) >= 11 is 5.72. The summed E-state index contributed by atoms with van der Waals surface area (Å²) in [7, 11) is 0. The van der Waals surface area contributed by atoms with E-state index < -0.39 is 27.9 Å². The van der Waals surface area contributed by atoms with E-state index in [9.17, 15) is 23.3 Å². The summed E-state index contributed by atoms with van der Waals surface area (Å²) in [5, 5.41) is 11.4. The number of alkyl halides is 3. The van der Waals surface area contributed by atoms with Gasteiger partial charge in [0.1, 0.15) is 0 Å². The first-order valence-corrected chi connectivity index (χ1v) is 6.20. The van der Waals surface area contributed by atoms with Gasteiger partial charge in [0.25, 0.3) is 5.69 Å². The molecule has 0 aromatic heterocycles. The quantitative estimate of drug-likeness (QED) is 0.561. The lowest BCUT2D eigenvalue weighted by atomic mass is 9.98. The largest absolute Gasteiger partial charge is 0.416 e. The van der Waals surface area contributed by atoms with Crippen LogP contribution in [0, 0.1) is 17.0 Å². The molecule has 2 aromatic carbocycles. The van der Waals surface area contributed by atoms with Crippen molar-refractivity contribution in [3.63, 3.8) is 0 Å². The summed E-state index contributed by atoms with van der Waals surface area (Å²) in [5.74, 6) is 0. The maximum atomic E-state index is 13.0. The Morgan fingerprint density at radius 3 is 2.14 bits per heavy atom. The monoisotopic (exact) mass is 315 g/mol. The Balaban J connectivity index is 2.70. The minimum Gasteiger partial charge on any atom is -0.258 e. The summed E-state index contributed by atoms with van der Waals surface area (Å²) in [6.07, 6.45) is -4.66. The molecule has 0 spiro atoms. The van der Waals surface area contributed by atoms with Gasteiger partial charge in [0, 0.05) is 16.7 Å². The van der Waals surface area contributed by atoms with E-state index >= 15 is 0 Å². The highest BCUT2D eigenvalue weighted by atomic mass is 35.5. The first-order chi connectivity index (χ1) is 9.70. The maximum absolute atomic E-state index is 13.0. The summed E-state index contributed by atoms with van der Waals surface area (Å²) in [6.45, 7) is 1.09. The van der Waals surface area contributed by atoms with E-state index in [2.05, 4.69) is 0 Å². The van der Waals surface area contributed by atoms with Gasteiger partial charge in [0.05, 0.1) is 10.5 Å². The van der Waals surface area contributed by atoms with Crippen molar-refractivity contribution in [2.24, 2.45) is 0 Å². The van der Waals surface area contributed by atoms with Gasteiger partial charge in [-0.2, -0.15) is 13.2 Å². The Bertz CT molecular complexity index is 697. The SMILES string of the molecule is Cc1c([N+](=O)[O-])cc(-c2ccc(Cl)cc2)cc1C(F)(F)F. The van der Waals surface area contributed by atoms with E-state index in [-0.39, 0.29) is 5.56 Å². The second kappa shape index (κ2) is 5.37. The highest BCUT2D eigenvalue weighted by Crippen LogP contribution is 2.39. The molecular weight excluding hydrogens is 307 g/mol. The van der Waals surface area contributed by atoms with Gasteiger partial charge in [-0.25, -0.2) is 0 Å². The highest BCUT2D eigenvalue weighted by molar-refractivity contribution is 6.30. The van der Waals surface area contributed by atoms with Gasteiger partial charge in [0.15, 0.2) is 0 Å². The molecule has 0 saturated carbocycles. The van der Waals surface area contributed by atoms with Crippen molar-refractivity contribution in [1.29, 1.82) is 0 Å². The smallest absolute Gasteiger partial charge is 0.258 e. The van der Waals surface area contributed by atoms with Crippen LogP contribution in [0.15, 0.2) is 36.4 Å². The molecule has 0 aliphatic carbocycles. The van der Waals surface area contributed by atoms with Crippen LogP contribution in [0.4, 0.5) is 18.9 Å². The van der Waals surface area contributed by atoms with Crippen LogP contribution in [0.2, 0.25) is 5.02 Å². The molecule has 3 nitrogen and oxygen atoms in total. The van der Waals surface area contributed by atoms with Crippen LogP contribution in [0.5, 0.6) is 0 Å². The first kappa shape index (κ1) is 15.3. The van der Waals surface area contributed by atoms with E-state index in [1.807, 2.05) is 0 Å². The van der Waals surface area contributed by atoms with Crippen LogP contribution in [0.25, 0.3) is 11.1 Å². The van der Waals surface area contributed by atoms with Crippen molar-refractivity contribution in [3.8, 4) is 11.1 Å². The molecule has 0 heterocycles. The Morgan fingerprint density at radius 1 is 1.10 bits per heavy atom. The molecule has 21 heavy (non-hydrogen) atoms. The van der Waals surface area contributed by atoms with E-state index in [1.165, 1.54) is 24.3 Å². The molecule has 0 aliphatic rings. The fourth-order valence-corrected chi connectivity index (χ4v) is 2.12. The molecule has 0 aliphatic heterocycles. The topological polar surface area (TPSA) is 43.1 Å². The Kier molecular flexibility index (Phi) is 3.91. The lowest BCUT2D eigenvalue weighted by molar-refractivity contribution is -0.385. The number of nitro benzene ring substituents is 1. The number of benzene rings is 2. The molecule has 2 aromatic rings. The standard InChI is InChI=1S/C14H9ClF3NO2/c1-8-12(14(16,17)18)6-10(7-13(8)19(20)21)9-2-4-11(15)5-3-9/h2-7H,1H3. The molecule has 7 heteroatoms. The van der Waals surface area contributed by atoms with E-state index in [1.54, 1.807) is 0 Å². The maximum Gasteiger partial charge on any atom is 0.416 e. The van der Waals surface area contributed by atoms with Gasteiger partial charge < -0.3 is 0 Å². The summed E-state index contributed by atoms with van der Waals surface area (Å²) < 4.78 is 39.0. The average Bonchev–Trinajstić information content (AvgIpc) is 2.38. The van der Waals surface area contributed by atoms with E-state index in [0.29, 0.717) is 10.6 Å². The minimum absolute atomic E-state index is 0.122. The molecule has 0 fully saturated rings. The molecule has 110 valence electrons. The predicted octanol–water partition coefficient (Wildman–Crippen LogP) is 5.24. The van der Waals surface area contributed by atoms with E-state index in [4.69, 9.17) is 11.6 Å². The van der Waals surface area contributed by atoms with Crippen LogP contribution in [0.3, 0.4) is 0 Å². The molecule has 0 bridgehead atoms. The number of nitrogens with zero attached hydrogens (tertiary/aromatic N) is 1. The zero-order valence-electron chi connectivity index (χ0n) is 10.7. The third-order valence-corrected chi connectivity index (χ3v) is 3.31. The molecule has 2 rings (SSSR count). The normalized spacial score (nSPS) is 11.5. The molecule has 0 amide bonds. The second-order valence-corrected chi connectivity index (χ2v) is 4.87. The molecule has 0 radical (unpaired) electrons. The fourth-order valence-electron chi connectivity index (χ4n) is 1.99. The summed E-state index contributed by atoms with van der Waals surface area (Å²) in [5.41, 5.74) is -1.43. The zero-order valence-corrected chi connectivity index (χ0v) is 11.5. The Morgan fingerprint density at radius 2 is 1.67 bits per heavy atom. The number of nitro groups is 1. The third kappa shape index (κ3) is 3.16. The van der Waals surface area contributed by atoms with Gasteiger partial charge in [-0.3, -0.25) is 10.1 Å². The second-order valence-electron chi connectivity index (χ2n) is 4.43. The Hall–Kier alpha value is -2.08. The predicted molar refractivity (Wildman–Crippen MR) is 73.3 cm³/mol. The van der Waals surface area contributed by atoms with E-state index in [0.717, 1.165) is 19.1 Å². The highest BCUT2D eigenvalue weighted by Gasteiger charge is 2.35. The van der Waals surface area contributed by atoms with Crippen LogP contribution in [-0.2, 0) is 6.18 Å². The lowest BCUT2D eigenvalue weighted by Crippen LogP contribution is -2.09. The van der Waals surface area contributed by atoms with Gasteiger partial charge >= 0.3 is 6.18 Å². The number of halogens is 4. The third-order valence-electron chi connectivity index (χ3n) is 3.06. The van der Waals surface area contributed by atoms with Crippen molar-refractivity contribution >= 4 is 17.3 Å². The average molecular weight is 316 g/mol. The lowest BCUT2D eigenvalue weighted by Gasteiger charge is -2.13. The molecule has 0 saturated heterocycles. The molecule has 0 unspecified atom stereocenters. The van der Waals surface area contributed by atoms with Gasteiger partial charge in [0.2, 0.25) is 0 Å². The number of hydrogen-bond donors (Lipinski definition) is 0. The minimum atomic E-state index is -4.66. The van der Waals surface area contributed by atoms with Crippen LogP contribution < -0.4 is 0 Å². The van der Waals surface area contributed by atoms with Crippen molar-refractivity contribution in [1.82, 2.24) is 0 Å². The van der Waals surface area contributed by atoms with Crippen molar-refractivity contribution in [2.45, 2.75) is 13.1 Å². The van der Waals surface area contributed by atoms with Gasteiger partial charge in [-0.1, -0.05) is 23.7 Å².